The van der Waals surface area contributed by atoms with Gasteiger partial charge in [0.15, 0.2) is 0 Å². The van der Waals surface area contributed by atoms with Crippen molar-refractivity contribution in [1.82, 2.24) is 0 Å². The predicted molar refractivity (Wildman–Crippen MR) is 72.1 cm³/mol. The Hall–Kier alpha value is -1.78. The number of aliphatic hydroxyl groups is 2. The van der Waals surface area contributed by atoms with Crippen LogP contribution in [0.5, 0.6) is 5.75 Å². The minimum atomic E-state index is -0.333. The normalized spacial score (nSPS) is 10.9. The highest BCUT2D eigenvalue weighted by Gasteiger charge is 2.05. The molecule has 4 nitrogen and oxygen atoms in total. The number of benzene rings is 2. The molecule has 0 saturated carbocycles. The topological polar surface area (TPSA) is 61.7 Å². The van der Waals surface area contributed by atoms with Crippen LogP contribution in [0.3, 0.4) is 0 Å². The van der Waals surface area contributed by atoms with Crippen LogP contribution in [0.25, 0.3) is 10.8 Å². The van der Waals surface area contributed by atoms with Crippen molar-refractivity contribution in [2.75, 3.05) is 25.6 Å². The molecule has 0 aliphatic carbocycles. The Morgan fingerprint density at radius 3 is 2.39 bits per heavy atom. The van der Waals surface area contributed by atoms with E-state index in [1.54, 1.807) is 7.11 Å². The standard InChI is InChI=1S/C14H17NO3/c1-18-14-5-3-10-6-12(4-2-11(10)7-14)15-13(8-16)9-17/h2-7,13,15-17H,8-9H2,1H3. The number of methoxy groups -OCH3 is 1. The average Bonchev–Trinajstić information content (AvgIpc) is 2.44. The summed E-state index contributed by atoms with van der Waals surface area (Å²) in [5.74, 6) is 0.826. The van der Waals surface area contributed by atoms with Crippen molar-refractivity contribution in [1.29, 1.82) is 0 Å². The van der Waals surface area contributed by atoms with Crippen molar-refractivity contribution in [2.24, 2.45) is 0 Å². The van der Waals surface area contributed by atoms with Gasteiger partial charge in [0.05, 0.1) is 26.4 Å². The molecule has 0 spiro atoms. The fourth-order valence-corrected chi connectivity index (χ4v) is 1.83. The molecule has 3 N–H and O–H groups in total. The van der Waals surface area contributed by atoms with E-state index in [0.717, 1.165) is 22.2 Å². The summed E-state index contributed by atoms with van der Waals surface area (Å²) >= 11 is 0. The summed E-state index contributed by atoms with van der Waals surface area (Å²) < 4.78 is 5.17. The van der Waals surface area contributed by atoms with Crippen molar-refractivity contribution in [2.45, 2.75) is 6.04 Å². The van der Waals surface area contributed by atoms with Crippen LogP contribution in [0, 0.1) is 0 Å². The summed E-state index contributed by atoms with van der Waals surface area (Å²) in [6, 6.07) is 11.4. The molecule has 0 radical (unpaired) electrons. The van der Waals surface area contributed by atoms with Gasteiger partial charge in [-0.3, -0.25) is 0 Å². The first-order chi connectivity index (χ1) is 8.76. The van der Waals surface area contributed by atoms with E-state index in [1.165, 1.54) is 0 Å². The van der Waals surface area contributed by atoms with Crippen LogP contribution in [0.4, 0.5) is 5.69 Å². The molecule has 0 heterocycles. The molecule has 18 heavy (non-hydrogen) atoms. The molecule has 0 aliphatic rings. The van der Waals surface area contributed by atoms with Gasteiger partial charge >= 0.3 is 0 Å². The minimum absolute atomic E-state index is 0.100. The molecule has 96 valence electrons. The second kappa shape index (κ2) is 5.71. The lowest BCUT2D eigenvalue weighted by Crippen LogP contribution is -2.27. The highest BCUT2D eigenvalue weighted by atomic mass is 16.5. The third-order valence-electron chi connectivity index (χ3n) is 2.86. The summed E-state index contributed by atoms with van der Waals surface area (Å²) in [6.07, 6.45) is 0. The summed E-state index contributed by atoms with van der Waals surface area (Å²) in [5, 5.41) is 23.3. The SMILES string of the molecule is COc1ccc2cc(NC(CO)CO)ccc2c1. The monoisotopic (exact) mass is 247 g/mol. The molecule has 0 saturated heterocycles. The van der Waals surface area contributed by atoms with E-state index < -0.39 is 0 Å². The Bertz CT molecular complexity index is 523. The van der Waals surface area contributed by atoms with Gasteiger partial charge in [-0.2, -0.15) is 0 Å². The van der Waals surface area contributed by atoms with Crippen molar-refractivity contribution in [3.63, 3.8) is 0 Å². The summed E-state index contributed by atoms with van der Waals surface area (Å²) in [7, 11) is 1.64. The minimum Gasteiger partial charge on any atom is -0.497 e. The number of rotatable bonds is 5. The lowest BCUT2D eigenvalue weighted by molar-refractivity contribution is 0.204. The zero-order valence-electron chi connectivity index (χ0n) is 10.3. The molecular formula is C14H17NO3. The van der Waals surface area contributed by atoms with Crippen molar-refractivity contribution in [3.8, 4) is 5.75 Å². The number of nitrogens with one attached hydrogen (secondary N) is 1. The molecule has 4 heteroatoms. The molecule has 0 atom stereocenters. The fourth-order valence-electron chi connectivity index (χ4n) is 1.83. The number of hydrogen-bond donors (Lipinski definition) is 3. The molecule has 0 aliphatic heterocycles. The number of ether oxygens (including phenoxy) is 1. The van der Waals surface area contributed by atoms with E-state index >= 15 is 0 Å². The maximum atomic E-state index is 9.03. The van der Waals surface area contributed by atoms with Gasteiger partial charge in [-0.05, 0) is 35.0 Å². The maximum absolute atomic E-state index is 9.03. The zero-order chi connectivity index (χ0) is 13.0. The molecule has 0 bridgehead atoms. The van der Waals surface area contributed by atoms with Gasteiger partial charge in [-0.25, -0.2) is 0 Å². The highest BCUT2D eigenvalue weighted by molar-refractivity contribution is 5.87. The van der Waals surface area contributed by atoms with Gasteiger partial charge < -0.3 is 20.3 Å². The predicted octanol–water partition coefficient (Wildman–Crippen LogP) is 1.61. The Morgan fingerprint density at radius 1 is 1.06 bits per heavy atom. The van der Waals surface area contributed by atoms with Gasteiger partial charge in [-0.15, -0.1) is 0 Å². The van der Waals surface area contributed by atoms with Crippen molar-refractivity contribution < 1.29 is 14.9 Å². The number of hydrogen-bond acceptors (Lipinski definition) is 4. The lowest BCUT2D eigenvalue weighted by Gasteiger charge is -2.15. The van der Waals surface area contributed by atoms with E-state index in [-0.39, 0.29) is 19.3 Å². The first kappa shape index (κ1) is 12.7. The maximum Gasteiger partial charge on any atom is 0.119 e. The van der Waals surface area contributed by atoms with E-state index in [9.17, 15) is 0 Å². The van der Waals surface area contributed by atoms with E-state index in [1.807, 2.05) is 36.4 Å². The summed E-state index contributed by atoms with van der Waals surface area (Å²) in [4.78, 5) is 0. The van der Waals surface area contributed by atoms with E-state index in [0.29, 0.717) is 0 Å². The van der Waals surface area contributed by atoms with Crippen LogP contribution < -0.4 is 10.1 Å². The molecular weight excluding hydrogens is 230 g/mol. The quantitative estimate of drug-likeness (QED) is 0.751. The summed E-state index contributed by atoms with van der Waals surface area (Å²) in [6.45, 7) is -0.200. The van der Waals surface area contributed by atoms with Gasteiger partial charge in [0, 0.05) is 5.69 Å². The molecule has 2 aromatic carbocycles. The van der Waals surface area contributed by atoms with Gasteiger partial charge in [-0.1, -0.05) is 12.1 Å². The van der Waals surface area contributed by atoms with Gasteiger partial charge in [0.1, 0.15) is 5.75 Å². The third kappa shape index (κ3) is 2.72. The smallest absolute Gasteiger partial charge is 0.119 e. The van der Waals surface area contributed by atoms with Crippen LogP contribution in [0.1, 0.15) is 0 Å². The van der Waals surface area contributed by atoms with Crippen LogP contribution >= 0.6 is 0 Å². The van der Waals surface area contributed by atoms with Gasteiger partial charge in [0.2, 0.25) is 0 Å². The second-order valence-electron chi connectivity index (χ2n) is 4.13. The zero-order valence-corrected chi connectivity index (χ0v) is 10.3. The van der Waals surface area contributed by atoms with Crippen molar-refractivity contribution >= 4 is 16.5 Å². The van der Waals surface area contributed by atoms with E-state index in [2.05, 4.69) is 5.32 Å². The first-order valence-corrected chi connectivity index (χ1v) is 5.83. The Balaban J connectivity index is 2.27. The average molecular weight is 247 g/mol. The van der Waals surface area contributed by atoms with Crippen LogP contribution in [-0.2, 0) is 0 Å². The number of fused-ring (bicyclic) bond motifs is 1. The molecule has 0 aromatic heterocycles. The van der Waals surface area contributed by atoms with E-state index in [4.69, 9.17) is 14.9 Å². The molecule has 2 aromatic rings. The molecule has 0 fully saturated rings. The Labute approximate surface area is 106 Å². The molecule has 2 rings (SSSR count). The first-order valence-electron chi connectivity index (χ1n) is 5.83. The molecule has 0 unspecified atom stereocenters. The summed E-state index contributed by atoms with van der Waals surface area (Å²) in [5.41, 5.74) is 0.876. The van der Waals surface area contributed by atoms with Crippen LogP contribution in [0.15, 0.2) is 36.4 Å². The number of aliphatic hydroxyl groups excluding tert-OH is 2. The molecule has 0 amide bonds. The van der Waals surface area contributed by atoms with Crippen LogP contribution in [-0.4, -0.2) is 36.6 Å². The highest BCUT2D eigenvalue weighted by Crippen LogP contribution is 2.23. The van der Waals surface area contributed by atoms with Crippen LogP contribution in [0.2, 0.25) is 0 Å². The third-order valence-corrected chi connectivity index (χ3v) is 2.86. The Kier molecular flexibility index (Phi) is 4.02. The van der Waals surface area contributed by atoms with Gasteiger partial charge in [0.25, 0.3) is 0 Å². The second-order valence-corrected chi connectivity index (χ2v) is 4.13. The fraction of sp³-hybridized carbons (Fsp3) is 0.286. The number of anilines is 1. The largest absolute Gasteiger partial charge is 0.497 e. The Morgan fingerprint density at radius 2 is 1.72 bits per heavy atom. The lowest BCUT2D eigenvalue weighted by atomic mass is 10.1. The van der Waals surface area contributed by atoms with Crippen molar-refractivity contribution in [3.05, 3.63) is 36.4 Å².